The minimum atomic E-state index is -0.741. The SMILES string of the molecule is Cc1c(F)c2c3c(nc(=O)n(C)c3c1F)N1CCN(C)CC1CCO2. The number of aromatic nitrogens is 2. The van der Waals surface area contributed by atoms with Crippen molar-refractivity contribution in [2.75, 3.05) is 38.2 Å². The second-order valence-electron chi connectivity index (χ2n) is 6.83. The summed E-state index contributed by atoms with van der Waals surface area (Å²) in [5, 5.41) is 0.247. The zero-order valence-corrected chi connectivity index (χ0v) is 14.5. The number of rotatable bonds is 0. The van der Waals surface area contributed by atoms with Crippen molar-refractivity contribution in [3.05, 3.63) is 27.7 Å². The molecular weight excluding hydrogens is 330 g/mol. The van der Waals surface area contributed by atoms with Crippen LogP contribution in [0.4, 0.5) is 14.6 Å². The van der Waals surface area contributed by atoms with Gasteiger partial charge in [0.05, 0.1) is 17.5 Å². The zero-order chi connectivity index (χ0) is 17.9. The van der Waals surface area contributed by atoms with Crippen LogP contribution in [0.25, 0.3) is 10.9 Å². The first-order chi connectivity index (χ1) is 11.9. The van der Waals surface area contributed by atoms with E-state index in [0.29, 0.717) is 25.4 Å². The molecule has 3 heterocycles. The maximum Gasteiger partial charge on any atom is 0.349 e. The van der Waals surface area contributed by atoms with Crippen LogP contribution in [0, 0.1) is 18.6 Å². The molecule has 2 aliphatic heterocycles. The molecule has 2 aliphatic rings. The van der Waals surface area contributed by atoms with Crippen LogP contribution in [0.15, 0.2) is 4.79 Å². The molecule has 4 rings (SSSR count). The predicted molar refractivity (Wildman–Crippen MR) is 90.4 cm³/mol. The summed E-state index contributed by atoms with van der Waals surface area (Å²) in [6, 6.07) is 0.0853. The molecule has 0 aliphatic carbocycles. The van der Waals surface area contributed by atoms with Crippen molar-refractivity contribution in [3.8, 4) is 5.75 Å². The van der Waals surface area contributed by atoms with Gasteiger partial charge in [-0.05, 0) is 14.0 Å². The molecule has 1 unspecified atom stereocenters. The van der Waals surface area contributed by atoms with E-state index in [2.05, 4.69) is 9.88 Å². The van der Waals surface area contributed by atoms with E-state index < -0.39 is 17.3 Å². The second kappa shape index (κ2) is 5.66. The highest BCUT2D eigenvalue weighted by Gasteiger charge is 2.33. The van der Waals surface area contributed by atoms with Crippen molar-refractivity contribution in [2.24, 2.45) is 7.05 Å². The van der Waals surface area contributed by atoms with Crippen LogP contribution in [0.5, 0.6) is 5.75 Å². The lowest BCUT2D eigenvalue weighted by atomic mass is 10.0. The molecule has 0 bridgehead atoms. The van der Waals surface area contributed by atoms with Crippen LogP contribution in [-0.2, 0) is 7.05 Å². The number of hydrogen-bond donors (Lipinski definition) is 0. The highest BCUT2D eigenvalue weighted by Crippen LogP contribution is 2.40. The molecule has 1 atom stereocenters. The maximum absolute atomic E-state index is 14.8. The number of ether oxygens (including phenoxy) is 1. The molecule has 6 nitrogen and oxygen atoms in total. The maximum atomic E-state index is 14.8. The van der Waals surface area contributed by atoms with Crippen molar-refractivity contribution in [1.29, 1.82) is 0 Å². The highest BCUT2D eigenvalue weighted by molar-refractivity contribution is 5.96. The van der Waals surface area contributed by atoms with Crippen LogP contribution in [0.3, 0.4) is 0 Å². The van der Waals surface area contributed by atoms with Crippen LogP contribution in [0.2, 0.25) is 0 Å². The molecule has 0 N–H and O–H groups in total. The van der Waals surface area contributed by atoms with E-state index in [9.17, 15) is 13.6 Å². The Kier molecular flexibility index (Phi) is 3.68. The van der Waals surface area contributed by atoms with Crippen LogP contribution in [-0.4, -0.2) is 53.8 Å². The number of likely N-dealkylation sites (N-methyl/N-ethyl adjacent to an activating group) is 1. The third kappa shape index (κ3) is 2.31. The summed E-state index contributed by atoms with van der Waals surface area (Å²) in [5.41, 5.74) is -0.662. The monoisotopic (exact) mass is 350 g/mol. The standard InChI is InChI=1S/C17H20F2N4O2/c1-9-12(18)14-11-15(13(9)19)25-7-4-10-8-21(2)5-6-23(10)16(11)20-17(24)22(14)3/h10H,4-8H2,1-3H3. The topological polar surface area (TPSA) is 50.6 Å². The molecule has 1 fully saturated rings. The average molecular weight is 350 g/mol. The molecule has 1 aromatic heterocycles. The Morgan fingerprint density at radius 1 is 1.20 bits per heavy atom. The summed E-state index contributed by atoms with van der Waals surface area (Å²) in [6.45, 7) is 3.91. The first-order valence-electron chi connectivity index (χ1n) is 8.36. The lowest BCUT2D eigenvalue weighted by Gasteiger charge is -2.42. The van der Waals surface area contributed by atoms with Gasteiger partial charge in [0, 0.05) is 44.7 Å². The van der Waals surface area contributed by atoms with Crippen LogP contribution in [0.1, 0.15) is 12.0 Å². The summed E-state index contributed by atoms with van der Waals surface area (Å²) < 4.78 is 36.4. The Labute approximate surface area is 143 Å². The van der Waals surface area contributed by atoms with Crippen molar-refractivity contribution in [1.82, 2.24) is 14.5 Å². The van der Waals surface area contributed by atoms with E-state index in [1.165, 1.54) is 14.0 Å². The Bertz CT molecular complexity index is 927. The molecule has 1 aromatic carbocycles. The molecule has 2 aromatic rings. The van der Waals surface area contributed by atoms with Crippen molar-refractivity contribution in [3.63, 3.8) is 0 Å². The Morgan fingerprint density at radius 2 is 1.96 bits per heavy atom. The van der Waals surface area contributed by atoms with Crippen LogP contribution < -0.4 is 15.3 Å². The van der Waals surface area contributed by atoms with Gasteiger partial charge in [0.25, 0.3) is 0 Å². The molecule has 134 valence electrons. The van der Waals surface area contributed by atoms with E-state index in [0.717, 1.165) is 17.7 Å². The third-order valence-corrected chi connectivity index (χ3v) is 5.23. The van der Waals surface area contributed by atoms with Crippen molar-refractivity contribution < 1.29 is 13.5 Å². The number of piperazine rings is 1. The van der Waals surface area contributed by atoms with Crippen molar-refractivity contribution in [2.45, 2.75) is 19.4 Å². The molecule has 0 spiro atoms. The number of nitrogens with zero attached hydrogens (tertiary/aromatic N) is 4. The minimum Gasteiger partial charge on any atom is -0.490 e. The van der Waals surface area contributed by atoms with Crippen LogP contribution >= 0.6 is 0 Å². The summed E-state index contributed by atoms with van der Waals surface area (Å²) in [6.07, 6.45) is 0.679. The highest BCUT2D eigenvalue weighted by atomic mass is 19.1. The molecule has 8 heteroatoms. The smallest absolute Gasteiger partial charge is 0.349 e. The molecule has 0 amide bonds. The summed E-state index contributed by atoms with van der Waals surface area (Å²) >= 11 is 0. The first kappa shape index (κ1) is 16.3. The lowest BCUT2D eigenvalue weighted by molar-refractivity contribution is 0.222. The quantitative estimate of drug-likeness (QED) is 0.719. The molecular formula is C17H20F2N4O2. The van der Waals surface area contributed by atoms with E-state index >= 15 is 0 Å². The summed E-state index contributed by atoms with van der Waals surface area (Å²) in [4.78, 5) is 20.7. The van der Waals surface area contributed by atoms with Gasteiger partial charge in [0.1, 0.15) is 5.82 Å². The van der Waals surface area contributed by atoms with Gasteiger partial charge in [-0.3, -0.25) is 4.57 Å². The van der Waals surface area contributed by atoms with E-state index in [-0.39, 0.29) is 28.3 Å². The molecule has 25 heavy (non-hydrogen) atoms. The summed E-state index contributed by atoms with van der Waals surface area (Å²) in [5.74, 6) is -1.15. The van der Waals surface area contributed by atoms with Gasteiger partial charge in [-0.25, -0.2) is 13.6 Å². The van der Waals surface area contributed by atoms with Gasteiger partial charge in [-0.15, -0.1) is 0 Å². The first-order valence-corrected chi connectivity index (χ1v) is 8.36. The lowest BCUT2D eigenvalue weighted by Crippen LogP contribution is -2.53. The largest absolute Gasteiger partial charge is 0.490 e. The van der Waals surface area contributed by atoms with Gasteiger partial charge >= 0.3 is 5.69 Å². The molecule has 0 saturated carbocycles. The Morgan fingerprint density at radius 3 is 2.72 bits per heavy atom. The van der Waals surface area contributed by atoms with Gasteiger partial charge < -0.3 is 14.5 Å². The summed E-state index contributed by atoms with van der Waals surface area (Å²) in [7, 11) is 3.47. The Balaban J connectivity index is 2.10. The fraction of sp³-hybridized carbons (Fsp3) is 0.529. The molecule has 1 saturated heterocycles. The van der Waals surface area contributed by atoms with E-state index in [1.54, 1.807) is 0 Å². The normalized spacial score (nSPS) is 20.8. The minimum absolute atomic E-state index is 0.00984. The zero-order valence-electron chi connectivity index (χ0n) is 14.5. The number of hydrogen-bond acceptors (Lipinski definition) is 5. The number of halogens is 2. The van der Waals surface area contributed by atoms with E-state index in [4.69, 9.17) is 4.74 Å². The fourth-order valence-electron chi connectivity index (χ4n) is 3.79. The van der Waals surface area contributed by atoms with Gasteiger partial charge in [0.2, 0.25) is 0 Å². The second-order valence-corrected chi connectivity index (χ2v) is 6.83. The fourth-order valence-corrected chi connectivity index (χ4v) is 3.79. The Hall–Kier alpha value is -2.22. The van der Waals surface area contributed by atoms with Gasteiger partial charge in [-0.1, -0.05) is 0 Å². The van der Waals surface area contributed by atoms with Gasteiger partial charge in [-0.2, -0.15) is 4.98 Å². The third-order valence-electron chi connectivity index (χ3n) is 5.23. The number of fused-ring (bicyclic) bond motifs is 2. The number of benzene rings is 1. The molecule has 0 radical (unpaired) electrons. The predicted octanol–water partition coefficient (Wildman–Crippen LogP) is 1.42. The van der Waals surface area contributed by atoms with E-state index in [1.807, 2.05) is 11.9 Å². The van der Waals surface area contributed by atoms with Gasteiger partial charge in [0.15, 0.2) is 17.4 Å². The number of aryl methyl sites for hydroxylation is 1. The average Bonchev–Trinajstić information content (AvgIpc) is 2.57. The van der Waals surface area contributed by atoms with Crippen molar-refractivity contribution >= 4 is 16.7 Å². The number of anilines is 1.